The molecule has 2 heterocycles. The molecular weight excluding hydrogens is 432 g/mol. The Hall–Kier alpha value is -4.21. The molecule has 6 nitrogen and oxygen atoms in total. The summed E-state index contributed by atoms with van der Waals surface area (Å²) in [6, 6.07) is 8.09. The average molecular weight is 444 g/mol. The second kappa shape index (κ2) is 8.14. The molecule has 0 aliphatic carbocycles. The zero-order valence-electron chi connectivity index (χ0n) is 16.0. The van der Waals surface area contributed by atoms with Gasteiger partial charge in [-0.1, -0.05) is 12.1 Å². The number of aromatic nitrogens is 2. The van der Waals surface area contributed by atoms with Gasteiger partial charge >= 0.3 is 6.16 Å². The molecule has 0 aliphatic heterocycles. The Balaban J connectivity index is 1.84. The van der Waals surface area contributed by atoms with Gasteiger partial charge in [0, 0.05) is 17.8 Å². The summed E-state index contributed by atoms with van der Waals surface area (Å²) < 4.78 is 62.4. The lowest BCUT2D eigenvalue weighted by Crippen LogP contribution is -2.18. The highest BCUT2D eigenvalue weighted by Crippen LogP contribution is 2.26. The fraction of sp³-hybridized carbons (Fsp3) is 0.0455. The van der Waals surface area contributed by atoms with Crippen LogP contribution < -0.4 is 10.2 Å². The molecular formula is C22H12F4N2O4. The maximum absolute atomic E-state index is 14.8. The van der Waals surface area contributed by atoms with Crippen LogP contribution >= 0.6 is 0 Å². The van der Waals surface area contributed by atoms with Crippen LogP contribution in [0.25, 0.3) is 22.0 Å². The predicted molar refractivity (Wildman–Crippen MR) is 105 cm³/mol. The van der Waals surface area contributed by atoms with Crippen LogP contribution in [0.15, 0.2) is 59.7 Å². The van der Waals surface area contributed by atoms with Crippen molar-refractivity contribution < 1.29 is 32.2 Å². The molecule has 162 valence electrons. The molecule has 4 rings (SSSR count). The Morgan fingerprint density at radius 3 is 2.38 bits per heavy atom. The van der Waals surface area contributed by atoms with E-state index in [4.69, 9.17) is 5.11 Å². The number of nitrogens with zero attached hydrogens (tertiary/aromatic N) is 2. The number of hydrogen-bond donors (Lipinski definition) is 1. The third-order valence-electron chi connectivity index (χ3n) is 4.74. The molecule has 0 atom stereocenters. The monoisotopic (exact) mass is 444 g/mol. The first-order valence-electron chi connectivity index (χ1n) is 9.07. The van der Waals surface area contributed by atoms with Gasteiger partial charge < -0.3 is 14.4 Å². The highest BCUT2D eigenvalue weighted by Gasteiger charge is 2.20. The van der Waals surface area contributed by atoms with E-state index in [9.17, 15) is 27.2 Å². The lowest BCUT2D eigenvalue weighted by Gasteiger charge is -2.15. The van der Waals surface area contributed by atoms with Gasteiger partial charge in [0.05, 0.1) is 23.6 Å². The van der Waals surface area contributed by atoms with Crippen LogP contribution in [0, 0.1) is 23.4 Å². The van der Waals surface area contributed by atoms with E-state index in [0.717, 1.165) is 35.0 Å². The summed E-state index contributed by atoms with van der Waals surface area (Å²) >= 11 is 0. The third-order valence-corrected chi connectivity index (χ3v) is 4.74. The lowest BCUT2D eigenvalue weighted by atomic mass is 10.0. The zero-order valence-corrected chi connectivity index (χ0v) is 16.0. The molecule has 0 saturated heterocycles. The first kappa shape index (κ1) is 21.0. The Kier molecular flexibility index (Phi) is 5.35. The van der Waals surface area contributed by atoms with Crippen molar-refractivity contribution >= 4 is 17.1 Å². The maximum Gasteiger partial charge on any atom is 0.511 e. The van der Waals surface area contributed by atoms with Gasteiger partial charge in [0.25, 0.3) is 0 Å². The van der Waals surface area contributed by atoms with Crippen molar-refractivity contribution in [3.05, 3.63) is 94.0 Å². The van der Waals surface area contributed by atoms with E-state index >= 15 is 0 Å². The van der Waals surface area contributed by atoms with E-state index < -0.39 is 51.6 Å². The van der Waals surface area contributed by atoms with Gasteiger partial charge in [0.15, 0.2) is 5.75 Å². The smallest absolute Gasteiger partial charge is 0.449 e. The zero-order chi connectivity index (χ0) is 23.0. The first-order valence-corrected chi connectivity index (χ1v) is 9.07. The third kappa shape index (κ3) is 3.89. The number of carboxylic acid groups (broad SMARTS) is 1. The van der Waals surface area contributed by atoms with Crippen LogP contribution in [0.1, 0.15) is 5.56 Å². The Morgan fingerprint density at radius 2 is 1.69 bits per heavy atom. The lowest BCUT2D eigenvalue weighted by molar-refractivity contribution is 0.143. The van der Waals surface area contributed by atoms with Crippen LogP contribution in [0.5, 0.6) is 5.75 Å². The van der Waals surface area contributed by atoms with E-state index in [2.05, 4.69) is 9.72 Å². The summed E-state index contributed by atoms with van der Waals surface area (Å²) in [4.78, 5) is 26.8. The topological polar surface area (TPSA) is 81.4 Å². The second-order valence-electron chi connectivity index (χ2n) is 6.74. The number of fused-ring (bicyclic) bond motifs is 1. The fourth-order valence-electron chi connectivity index (χ4n) is 3.34. The minimum Gasteiger partial charge on any atom is -0.449 e. The van der Waals surface area contributed by atoms with Gasteiger partial charge in [0.2, 0.25) is 11.4 Å². The number of halogens is 4. The molecule has 4 aromatic rings. The van der Waals surface area contributed by atoms with E-state index in [-0.39, 0.29) is 12.1 Å². The molecule has 1 N–H and O–H groups in total. The summed E-state index contributed by atoms with van der Waals surface area (Å²) in [7, 11) is 0. The molecule has 10 heteroatoms. The van der Waals surface area contributed by atoms with Crippen molar-refractivity contribution in [2.24, 2.45) is 0 Å². The van der Waals surface area contributed by atoms with Crippen molar-refractivity contribution in [1.82, 2.24) is 9.55 Å². The van der Waals surface area contributed by atoms with Crippen molar-refractivity contribution in [1.29, 1.82) is 0 Å². The number of carbonyl (C=O) groups is 1. The highest BCUT2D eigenvalue weighted by molar-refractivity contribution is 5.82. The van der Waals surface area contributed by atoms with Crippen LogP contribution in [0.4, 0.5) is 22.4 Å². The van der Waals surface area contributed by atoms with E-state index in [0.29, 0.717) is 11.1 Å². The van der Waals surface area contributed by atoms with Crippen LogP contribution in [-0.2, 0) is 6.54 Å². The van der Waals surface area contributed by atoms with Crippen LogP contribution in [0.2, 0.25) is 0 Å². The number of benzene rings is 2. The summed E-state index contributed by atoms with van der Waals surface area (Å²) in [5.41, 5.74) is -0.900. The summed E-state index contributed by atoms with van der Waals surface area (Å²) in [6.07, 6.45) is 0.266. The molecule has 0 radical (unpaired) electrons. The van der Waals surface area contributed by atoms with Gasteiger partial charge in [-0.05, 0) is 35.4 Å². The Labute approximate surface area is 176 Å². The van der Waals surface area contributed by atoms with Gasteiger partial charge in [-0.3, -0.25) is 4.79 Å². The SMILES string of the molecule is O=C(O)Oc1cn(Cc2ccc(-c3ccnc(F)c3)cc2F)c2c(F)ccc(F)c2c1=O. The largest absolute Gasteiger partial charge is 0.511 e. The highest BCUT2D eigenvalue weighted by atomic mass is 19.1. The molecule has 0 fully saturated rings. The minimum absolute atomic E-state index is 0.0122. The Bertz CT molecular complexity index is 1440. The molecule has 2 aromatic carbocycles. The quantitative estimate of drug-likeness (QED) is 0.280. The van der Waals surface area contributed by atoms with Crippen molar-refractivity contribution in [2.45, 2.75) is 6.54 Å². The molecule has 2 aromatic heterocycles. The fourth-order valence-corrected chi connectivity index (χ4v) is 3.34. The van der Waals surface area contributed by atoms with Crippen molar-refractivity contribution in [3.8, 4) is 16.9 Å². The standard InChI is InChI=1S/C22H12F4N2O4/c23-14-3-4-15(24)20-19(14)21(29)17(32-22(30)31)10-28(20)9-13-2-1-11(7-16(13)25)12-5-6-27-18(26)8-12/h1-8,10H,9H2,(H,30,31). The second-order valence-corrected chi connectivity index (χ2v) is 6.74. The number of pyridine rings is 2. The number of rotatable bonds is 4. The van der Waals surface area contributed by atoms with E-state index in [1.807, 2.05) is 0 Å². The predicted octanol–water partition coefficient (Wildman–Crippen LogP) is 4.73. The first-order chi connectivity index (χ1) is 15.2. The average Bonchev–Trinajstić information content (AvgIpc) is 2.74. The molecule has 0 amide bonds. The molecule has 32 heavy (non-hydrogen) atoms. The molecule has 0 aliphatic rings. The van der Waals surface area contributed by atoms with E-state index in [1.54, 1.807) is 0 Å². The Morgan fingerprint density at radius 1 is 0.969 bits per heavy atom. The molecule has 0 spiro atoms. The van der Waals surface area contributed by atoms with Crippen LogP contribution in [-0.4, -0.2) is 20.8 Å². The number of hydrogen-bond acceptors (Lipinski definition) is 4. The summed E-state index contributed by atoms with van der Waals surface area (Å²) in [6.45, 7) is -0.385. The molecule has 0 unspecified atom stereocenters. The summed E-state index contributed by atoms with van der Waals surface area (Å²) in [5, 5.41) is 8.11. The van der Waals surface area contributed by atoms with Gasteiger partial charge in [-0.15, -0.1) is 0 Å². The maximum atomic E-state index is 14.8. The molecule has 0 bridgehead atoms. The minimum atomic E-state index is -1.83. The molecule has 0 saturated carbocycles. The van der Waals surface area contributed by atoms with Gasteiger partial charge in [0.1, 0.15) is 17.5 Å². The van der Waals surface area contributed by atoms with Crippen LogP contribution in [0.3, 0.4) is 0 Å². The van der Waals surface area contributed by atoms with Crippen molar-refractivity contribution in [2.75, 3.05) is 0 Å². The van der Waals surface area contributed by atoms with Gasteiger partial charge in [-0.25, -0.2) is 22.9 Å². The van der Waals surface area contributed by atoms with Gasteiger partial charge in [-0.2, -0.15) is 4.39 Å². The normalized spacial score (nSPS) is 11.0. The van der Waals surface area contributed by atoms with Crippen molar-refractivity contribution in [3.63, 3.8) is 0 Å². The van der Waals surface area contributed by atoms with E-state index in [1.165, 1.54) is 24.4 Å². The summed E-state index contributed by atoms with van der Waals surface area (Å²) in [5.74, 6) is -4.31. The number of ether oxygens (including phenoxy) is 1.